The number of aromatic nitrogens is 4. The normalized spacial score (nSPS) is 17.9. The summed E-state index contributed by atoms with van der Waals surface area (Å²) < 4.78 is 21.4. The van der Waals surface area contributed by atoms with Gasteiger partial charge in [-0.1, -0.05) is 0 Å². The summed E-state index contributed by atoms with van der Waals surface area (Å²) in [5.41, 5.74) is 2.93. The number of ether oxygens (including phenoxy) is 1. The quantitative estimate of drug-likeness (QED) is 0.733. The molecule has 3 aromatic heterocycles. The predicted octanol–water partition coefficient (Wildman–Crippen LogP) is 2.86. The van der Waals surface area contributed by atoms with Gasteiger partial charge in [0.25, 0.3) is 5.88 Å². The first-order valence-electron chi connectivity index (χ1n) is 8.44. The van der Waals surface area contributed by atoms with E-state index >= 15 is 0 Å². The lowest BCUT2D eigenvalue weighted by Crippen LogP contribution is -2.41. The van der Waals surface area contributed by atoms with Crippen molar-refractivity contribution in [2.75, 3.05) is 18.0 Å². The molecule has 0 radical (unpaired) electrons. The molecule has 1 aliphatic rings. The summed E-state index contributed by atoms with van der Waals surface area (Å²) in [6.07, 6.45) is 5.11. The van der Waals surface area contributed by atoms with E-state index in [1.54, 1.807) is 16.9 Å². The Morgan fingerprint density at radius 1 is 1.24 bits per heavy atom. The first kappa shape index (κ1) is 15.8. The fourth-order valence-corrected chi connectivity index (χ4v) is 3.49. The Hall–Kier alpha value is -2.70. The number of hydrogen-bond acceptors (Lipinski definition) is 5. The summed E-state index contributed by atoms with van der Waals surface area (Å²) in [5.74, 6) is -0.346. The number of nitrogens with zero attached hydrogens (tertiary/aromatic N) is 5. The van der Waals surface area contributed by atoms with Crippen LogP contribution in [-0.2, 0) is 7.05 Å². The first-order valence-corrected chi connectivity index (χ1v) is 8.44. The van der Waals surface area contributed by atoms with Crippen molar-refractivity contribution in [2.45, 2.75) is 25.9 Å². The minimum absolute atomic E-state index is 0.0757. The van der Waals surface area contributed by atoms with Crippen LogP contribution in [0.4, 0.5) is 10.1 Å². The van der Waals surface area contributed by atoms with Crippen LogP contribution in [0.25, 0.3) is 11.0 Å². The van der Waals surface area contributed by atoms with Gasteiger partial charge in [-0.2, -0.15) is 5.10 Å². The second kappa shape index (κ2) is 6.31. The smallest absolute Gasteiger partial charge is 0.250 e. The minimum Gasteiger partial charge on any atom is -0.470 e. The van der Waals surface area contributed by atoms with E-state index in [1.165, 1.54) is 6.07 Å². The Kier molecular flexibility index (Phi) is 3.99. The average molecular weight is 341 g/mol. The van der Waals surface area contributed by atoms with Gasteiger partial charge in [-0.3, -0.25) is 4.68 Å². The molecule has 0 bridgehead atoms. The maximum Gasteiger partial charge on any atom is 0.250 e. The van der Waals surface area contributed by atoms with Crippen LogP contribution in [0.5, 0.6) is 5.88 Å². The standard InChI is InChI=1S/C18H20FN5O/c1-12-16-15(7-9-20-17(16)23(2)22-12)24-10-4-5-13(11-24)25-18-14(19)6-3-8-21-18/h3,6-9,13H,4-5,10-11H2,1-2H3/t13-/m1/s1. The molecule has 25 heavy (non-hydrogen) atoms. The maximum atomic E-state index is 13.8. The van der Waals surface area contributed by atoms with Crippen molar-refractivity contribution in [1.82, 2.24) is 19.7 Å². The number of fused-ring (bicyclic) bond motifs is 1. The van der Waals surface area contributed by atoms with E-state index in [0.717, 1.165) is 41.8 Å². The van der Waals surface area contributed by atoms with Crippen molar-refractivity contribution in [3.63, 3.8) is 0 Å². The monoisotopic (exact) mass is 341 g/mol. The third-order valence-corrected chi connectivity index (χ3v) is 4.60. The van der Waals surface area contributed by atoms with Crippen molar-refractivity contribution < 1.29 is 9.13 Å². The van der Waals surface area contributed by atoms with Gasteiger partial charge in [0.1, 0.15) is 6.10 Å². The Balaban J connectivity index is 1.61. The van der Waals surface area contributed by atoms with E-state index < -0.39 is 5.82 Å². The molecular formula is C18H20FN5O. The number of piperidine rings is 1. The fraction of sp³-hybridized carbons (Fsp3) is 0.389. The molecule has 1 aliphatic heterocycles. The zero-order valence-electron chi connectivity index (χ0n) is 14.3. The molecule has 6 nitrogen and oxygen atoms in total. The lowest BCUT2D eigenvalue weighted by Gasteiger charge is -2.34. The fourth-order valence-electron chi connectivity index (χ4n) is 3.49. The summed E-state index contributed by atoms with van der Waals surface area (Å²) in [7, 11) is 1.90. The molecule has 0 saturated carbocycles. The van der Waals surface area contributed by atoms with E-state index in [1.807, 2.05) is 26.2 Å². The molecule has 1 atom stereocenters. The maximum absolute atomic E-state index is 13.8. The lowest BCUT2D eigenvalue weighted by molar-refractivity contribution is 0.164. The number of pyridine rings is 2. The van der Waals surface area contributed by atoms with E-state index in [4.69, 9.17) is 4.74 Å². The molecule has 3 aromatic rings. The van der Waals surface area contributed by atoms with Crippen molar-refractivity contribution in [2.24, 2.45) is 7.05 Å². The van der Waals surface area contributed by atoms with Gasteiger partial charge in [-0.15, -0.1) is 0 Å². The van der Waals surface area contributed by atoms with Crippen LogP contribution in [0.15, 0.2) is 30.6 Å². The Morgan fingerprint density at radius 2 is 2.12 bits per heavy atom. The predicted molar refractivity (Wildman–Crippen MR) is 93.3 cm³/mol. The van der Waals surface area contributed by atoms with Gasteiger partial charge >= 0.3 is 0 Å². The van der Waals surface area contributed by atoms with Crippen LogP contribution in [0.3, 0.4) is 0 Å². The summed E-state index contributed by atoms with van der Waals surface area (Å²) in [4.78, 5) is 10.7. The minimum atomic E-state index is -0.422. The number of aryl methyl sites for hydroxylation is 2. The summed E-state index contributed by atoms with van der Waals surface area (Å²) in [6, 6.07) is 4.95. The van der Waals surface area contributed by atoms with Gasteiger partial charge in [0, 0.05) is 26.0 Å². The topological polar surface area (TPSA) is 56.1 Å². The molecule has 0 unspecified atom stereocenters. The second-order valence-corrected chi connectivity index (χ2v) is 6.36. The Labute approximate surface area is 145 Å². The third-order valence-electron chi connectivity index (χ3n) is 4.60. The van der Waals surface area contributed by atoms with Gasteiger partial charge in [0.05, 0.1) is 23.3 Å². The number of anilines is 1. The van der Waals surface area contributed by atoms with Crippen LogP contribution in [0.2, 0.25) is 0 Å². The van der Waals surface area contributed by atoms with E-state index in [0.29, 0.717) is 6.54 Å². The summed E-state index contributed by atoms with van der Waals surface area (Å²) >= 11 is 0. The molecule has 1 fully saturated rings. The van der Waals surface area contributed by atoms with E-state index in [2.05, 4.69) is 20.0 Å². The summed E-state index contributed by atoms with van der Waals surface area (Å²) in [6.45, 7) is 3.61. The number of halogens is 1. The van der Waals surface area contributed by atoms with Crippen LogP contribution in [0.1, 0.15) is 18.5 Å². The third kappa shape index (κ3) is 2.90. The van der Waals surface area contributed by atoms with E-state index in [9.17, 15) is 4.39 Å². The number of hydrogen-bond donors (Lipinski definition) is 0. The Bertz CT molecular complexity index is 910. The summed E-state index contributed by atoms with van der Waals surface area (Å²) in [5, 5.41) is 5.55. The van der Waals surface area contributed by atoms with Crippen LogP contribution in [0, 0.1) is 12.7 Å². The van der Waals surface area contributed by atoms with Gasteiger partial charge in [-0.05, 0) is 38.0 Å². The van der Waals surface area contributed by atoms with Gasteiger partial charge in [0.2, 0.25) is 0 Å². The van der Waals surface area contributed by atoms with Crippen LogP contribution in [-0.4, -0.2) is 38.9 Å². The highest BCUT2D eigenvalue weighted by Crippen LogP contribution is 2.30. The van der Waals surface area contributed by atoms with Crippen LogP contribution < -0.4 is 9.64 Å². The zero-order chi connectivity index (χ0) is 17.4. The lowest BCUT2D eigenvalue weighted by atomic mass is 10.1. The second-order valence-electron chi connectivity index (χ2n) is 6.36. The molecule has 0 amide bonds. The molecule has 0 aliphatic carbocycles. The van der Waals surface area contributed by atoms with Gasteiger partial charge < -0.3 is 9.64 Å². The molecule has 4 heterocycles. The van der Waals surface area contributed by atoms with Crippen molar-refractivity contribution in [1.29, 1.82) is 0 Å². The first-order chi connectivity index (χ1) is 12.1. The molecule has 4 rings (SSSR count). The molecular weight excluding hydrogens is 321 g/mol. The zero-order valence-corrected chi connectivity index (χ0v) is 14.3. The molecule has 7 heteroatoms. The van der Waals surface area contributed by atoms with Gasteiger partial charge in [-0.25, -0.2) is 14.4 Å². The highest BCUT2D eigenvalue weighted by atomic mass is 19.1. The highest BCUT2D eigenvalue weighted by molar-refractivity contribution is 5.91. The molecule has 0 spiro atoms. The van der Waals surface area contributed by atoms with Crippen molar-refractivity contribution in [3.05, 3.63) is 42.1 Å². The molecule has 1 saturated heterocycles. The largest absolute Gasteiger partial charge is 0.470 e. The van der Waals surface area contributed by atoms with E-state index in [-0.39, 0.29) is 12.0 Å². The van der Waals surface area contributed by atoms with Crippen molar-refractivity contribution >= 4 is 16.7 Å². The average Bonchev–Trinajstić information content (AvgIpc) is 2.92. The van der Waals surface area contributed by atoms with Crippen LogP contribution >= 0.6 is 0 Å². The van der Waals surface area contributed by atoms with Crippen molar-refractivity contribution in [3.8, 4) is 5.88 Å². The highest BCUT2D eigenvalue weighted by Gasteiger charge is 2.25. The number of rotatable bonds is 3. The Morgan fingerprint density at radius 3 is 2.96 bits per heavy atom. The SMILES string of the molecule is Cc1nn(C)c2nccc(N3CCC[C@@H](Oc4ncccc4F)C3)c12. The molecule has 0 N–H and O–H groups in total. The molecule has 130 valence electrons. The van der Waals surface area contributed by atoms with Gasteiger partial charge in [0.15, 0.2) is 11.5 Å². The molecule has 0 aromatic carbocycles.